The van der Waals surface area contributed by atoms with Crippen LogP contribution in [0.25, 0.3) is 0 Å². The van der Waals surface area contributed by atoms with Crippen LogP contribution < -0.4 is 0 Å². The van der Waals surface area contributed by atoms with Gasteiger partial charge in [-0.25, -0.2) is 0 Å². The van der Waals surface area contributed by atoms with Gasteiger partial charge in [-0.2, -0.15) is 0 Å². The van der Waals surface area contributed by atoms with Crippen LogP contribution >= 0.6 is 0 Å². The minimum absolute atomic E-state index is 0.0836. The van der Waals surface area contributed by atoms with Crippen LogP contribution in [0.1, 0.15) is 47.0 Å². The standard InChI is InChI=1S/C12H23NO2/c1-9-7-10(8-9)13(12(2,3)4)6-5-11(14)15/h9-10H,5-8H2,1-4H3,(H,14,15). The lowest BCUT2D eigenvalue weighted by atomic mass is 9.79. The molecule has 3 heteroatoms. The molecule has 0 amide bonds. The van der Waals surface area contributed by atoms with Gasteiger partial charge in [-0.3, -0.25) is 9.69 Å². The lowest BCUT2D eigenvalue weighted by Gasteiger charge is -2.48. The average molecular weight is 213 g/mol. The maximum Gasteiger partial charge on any atom is 0.304 e. The van der Waals surface area contributed by atoms with E-state index in [2.05, 4.69) is 32.6 Å². The van der Waals surface area contributed by atoms with Gasteiger partial charge in [-0.1, -0.05) is 6.92 Å². The van der Waals surface area contributed by atoms with E-state index in [9.17, 15) is 4.79 Å². The lowest BCUT2D eigenvalue weighted by molar-refractivity contribution is -0.138. The molecule has 0 aromatic heterocycles. The third-order valence-corrected chi connectivity index (χ3v) is 3.22. The van der Waals surface area contributed by atoms with Crippen LogP contribution in [-0.4, -0.2) is 34.1 Å². The molecule has 1 aliphatic rings. The molecule has 0 saturated heterocycles. The zero-order valence-corrected chi connectivity index (χ0v) is 10.3. The van der Waals surface area contributed by atoms with Gasteiger partial charge in [0.25, 0.3) is 0 Å². The Hall–Kier alpha value is -0.570. The molecule has 0 atom stereocenters. The number of carbonyl (C=O) groups is 1. The van der Waals surface area contributed by atoms with Crippen molar-refractivity contribution in [3.8, 4) is 0 Å². The Morgan fingerprint density at radius 2 is 1.93 bits per heavy atom. The molecule has 1 aliphatic carbocycles. The number of hydrogen-bond acceptors (Lipinski definition) is 2. The van der Waals surface area contributed by atoms with Crippen molar-refractivity contribution in [3.05, 3.63) is 0 Å². The van der Waals surface area contributed by atoms with E-state index in [-0.39, 0.29) is 12.0 Å². The molecule has 1 fully saturated rings. The highest BCUT2D eigenvalue weighted by Crippen LogP contribution is 2.34. The zero-order chi connectivity index (χ0) is 11.6. The summed E-state index contributed by atoms with van der Waals surface area (Å²) in [6, 6.07) is 0.597. The number of nitrogens with zero attached hydrogens (tertiary/aromatic N) is 1. The second-order valence-corrected chi connectivity index (χ2v) is 5.74. The Morgan fingerprint density at radius 1 is 1.40 bits per heavy atom. The molecular weight excluding hydrogens is 190 g/mol. The van der Waals surface area contributed by atoms with Crippen LogP contribution in [0.3, 0.4) is 0 Å². The molecule has 0 spiro atoms. The average Bonchev–Trinajstić information content (AvgIpc) is 1.98. The third kappa shape index (κ3) is 3.49. The van der Waals surface area contributed by atoms with Gasteiger partial charge >= 0.3 is 5.97 Å². The highest BCUT2D eigenvalue weighted by Gasteiger charge is 2.36. The van der Waals surface area contributed by atoms with Crippen molar-refractivity contribution in [1.82, 2.24) is 4.90 Å². The topological polar surface area (TPSA) is 40.5 Å². The van der Waals surface area contributed by atoms with E-state index in [1.165, 1.54) is 12.8 Å². The Balaban J connectivity index is 2.50. The maximum atomic E-state index is 10.6. The molecule has 0 radical (unpaired) electrons. The summed E-state index contributed by atoms with van der Waals surface area (Å²) in [5, 5.41) is 8.73. The van der Waals surface area contributed by atoms with E-state index in [0.717, 1.165) is 5.92 Å². The summed E-state index contributed by atoms with van der Waals surface area (Å²) in [6.07, 6.45) is 2.69. The van der Waals surface area contributed by atoms with Crippen LogP contribution in [0.4, 0.5) is 0 Å². The van der Waals surface area contributed by atoms with Crippen LogP contribution in [0.2, 0.25) is 0 Å². The predicted molar refractivity (Wildman–Crippen MR) is 60.9 cm³/mol. The van der Waals surface area contributed by atoms with Crippen molar-refractivity contribution < 1.29 is 9.90 Å². The molecule has 88 valence electrons. The molecule has 15 heavy (non-hydrogen) atoms. The number of hydrogen-bond donors (Lipinski definition) is 1. The van der Waals surface area contributed by atoms with Gasteiger partial charge in [0.05, 0.1) is 6.42 Å². The van der Waals surface area contributed by atoms with Crippen LogP contribution in [-0.2, 0) is 4.79 Å². The van der Waals surface area contributed by atoms with E-state index < -0.39 is 5.97 Å². The zero-order valence-electron chi connectivity index (χ0n) is 10.3. The lowest BCUT2D eigenvalue weighted by Crippen LogP contribution is -2.53. The van der Waals surface area contributed by atoms with E-state index in [1.807, 2.05) is 0 Å². The highest BCUT2D eigenvalue weighted by molar-refractivity contribution is 5.66. The monoisotopic (exact) mass is 213 g/mol. The van der Waals surface area contributed by atoms with Crippen LogP contribution in [0.15, 0.2) is 0 Å². The van der Waals surface area contributed by atoms with Crippen molar-refractivity contribution in [2.24, 2.45) is 5.92 Å². The first-order chi connectivity index (χ1) is 6.80. The molecule has 0 bridgehead atoms. The van der Waals surface area contributed by atoms with Crippen molar-refractivity contribution in [2.75, 3.05) is 6.54 Å². The maximum absolute atomic E-state index is 10.6. The van der Waals surface area contributed by atoms with Gasteiger partial charge in [0.15, 0.2) is 0 Å². The number of rotatable bonds is 4. The summed E-state index contributed by atoms with van der Waals surface area (Å²) in [5.41, 5.74) is 0.0836. The SMILES string of the molecule is CC1CC(N(CCC(=O)O)C(C)(C)C)C1. The summed E-state index contributed by atoms with van der Waals surface area (Å²) in [7, 11) is 0. The molecule has 0 aromatic carbocycles. The van der Waals surface area contributed by atoms with Crippen LogP contribution in [0.5, 0.6) is 0 Å². The molecule has 1 N–H and O–H groups in total. The summed E-state index contributed by atoms with van der Waals surface area (Å²) >= 11 is 0. The first-order valence-corrected chi connectivity index (χ1v) is 5.79. The fourth-order valence-corrected chi connectivity index (χ4v) is 2.40. The number of carboxylic acids is 1. The van der Waals surface area contributed by atoms with Gasteiger partial charge in [-0.15, -0.1) is 0 Å². The van der Waals surface area contributed by atoms with E-state index in [4.69, 9.17) is 5.11 Å². The summed E-state index contributed by atoms with van der Waals surface area (Å²) in [5.74, 6) is 0.112. The molecule has 1 saturated carbocycles. The summed E-state index contributed by atoms with van der Waals surface area (Å²) in [4.78, 5) is 12.9. The summed E-state index contributed by atoms with van der Waals surface area (Å²) in [6.45, 7) is 9.43. The summed E-state index contributed by atoms with van der Waals surface area (Å²) < 4.78 is 0. The molecule has 0 aromatic rings. The minimum atomic E-state index is -0.698. The minimum Gasteiger partial charge on any atom is -0.481 e. The molecule has 0 heterocycles. The van der Waals surface area contributed by atoms with Gasteiger partial charge in [-0.05, 0) is 39.5 Å². The molecule has 0 aliphatic heterocycles. The third-order valence-electron chi connectivity index (χ3n) is 3.22. The normalized spacial score (nSPS) is 26.5. The highest BCUT2D eigenvalue weighted by atomic mass is 16.4. The van der Waals surface area contributed by atoms with Gasteiger partial charge < -0.3 is 5.11 Å². The van der Waals surface area contributed by atoms with Crippen molar-refractivity contribution in [1.29, 1.82) is 0 Å². The van der Waals surface area contributed by atoms with Crippen molar-refractivity contribution in [2.45, 2.75) is 58.5 Å². The van der Waals surface area contributed by atoms with E-state index >= 15 is 0 Å². The van der Waals surface area contributed by atoms with Gasteiger partial charge in [0.2, 0.25) is 0 Å². The van der Waals surface area contributed by atoms with Gasteiger partial charge in [0.1, 0.15) is 0 Å². The second-order valence-electron chi connectivity index (χ2n) is 5.74. The van der Waals surface area contributed by atoms with E-state index in [0.29, 0.717) is 12.6 Å². The Kier molecular flexibility index (Phi) is 3.77. The van der Waals surface area contributed by atoms with Gasteiger partial charge in [0, 0.05) is 18.1 Å². The first kappa shape index (κ1) is 12.5. The van der Waals surface area contributed by atoms with Crippen molar-refractivity contribution >= 4 is 5.97 Å². The fourth-order valence-electron chi connectivity index (χ4n) is 2.40. The predicted octanol–water partition coefficient (Wildman–Crippen LogP) is 2.36. The first-order valence-electron chi connectivity index (χ1n) is 5.79. The van der Waals surface area contributed by atoms with Crippen molar-refractivity contribution in [3.63, 3.8) is 0 Å². The smallest absolute Gasteiger partial charge is 0.304 e. The fraction of sp³-hybridized carbons (Fsp3) is 0.917. The largest absolute Gasteiger partial charge is 0.481 e. The number of carboxylic acid groups (broad SMARTS) is 1. The molecular formula is C12H23NO2. The Morgan fingerprint density at radius 3 is 2.27 bits per heavy atom. The molecule has 0 unspecified atom stereocenters. The second kappa shape index (κ2) is 4.52. The Labute approximate surface area is 92.5 Å². The van der Waals surface area contributed by atoms with E-state index in [1.54, 1.807) is 0 Å². The Bertz CT molecular complexity index is 226. The number of aliphatic carboxylic acids is 1. The van der Waals surface area contributed by atoms with Crippen LogP contribution in [0, 0.1) is 5.92 Å². The molecule has 1 rings (SSSR count). The quantitative estimate of drug-likeness (QED) is 0.779. The molecule has 3 nitrogen and oxygen atoms in total.